The molecule has 1 amide bonds. The van der Waals surface area contributed by atoms with Gasteiger partial charge < -0.3 is 0 Å². The van der Waals surface area contributed by atoms with Crippen LogP contribution in [0.1, 0.15) is 23.6 Å². The highest BCUT2D eigenvalue weighted by Gasteiger charge is 2.14. The molecule has 3 nitrogen and oxygen atoms in total. The van der Waals surface area contributed by atoms with Crippen LogP contribution in [-0.2, 0) is 4.79 Å². The van der Waals surface area contributed by atoms with Crippen molar-refractivity contribution in [2.75, 3.05) is 4.90 Å². The lowest BCUT2D eigenvalue weighted by Crippen LogP contribution is -2.17. The lowest BCUT2D eigenvalue weighted by molar-refractivity contribution is -0.106. The number of rotatable bonds is 6. The van der Waals surface area contributed by atoms with Crippen LogP contribution in [0.5, 0.6) is 0 Å². The maximum atomic E-state index is 11.9. The molecule has 0 atom stereocenters. The van der Waals surface area contributed by atoms with Crippen molar-refractivity contribution in [3.8, 4) is 0 Å². The van der Waals surface area contributed by atoms with E-state index in [-0.39, 0.29) is 0 Å². The van der Waals surface area contributed by atoms with Crippen LogP contribution in [0.2, 0.25) is 0 Å². The Balaban J connectivity index is 2.08. The number of nitrogens with zero attached hydrogens (tertiary/aromatic N) is 2. The van der Waals surface area contributed by atoms with Gasteiger partial charge >= 0.3 is 0 Å². The average molecular weight is 354 g/mol. The van der Waals surface area contributed by atoms with Gasteiger partial charge in [-0.05, 0) is 49.2 Å². The lowest BCUT2D eigenvalue weighted by atomic mass is 10.1. The van der Waals surface area contributed by atoms with Crippen molar-refractivity contribution in [3.05, 3.63) is 96.1 Å². The summed E-state index contributed by atoms with van der Waals surface area (Å²) in [7, 11) is 0. The molecule has 0 bridgehead atoms. The normalized spacial score (nSPS) is 11.1. The first-order valence-electron chi connectivity index (χ1n) is 8.81. The van der Waals surface area contributed by atoms with Gasteiger partial charge in [-0.15, -0.1) is 0 Å². The van der Waals surface area contributed by atoms with E-state index in [0.717, 1.165) is 45.9 Å². The van der Waals surface area contributed by atoms with Gasteiger partial charge in [0.05, 0.1) is 11.4 Å². The van der Waals surface area contributed by atoms with Crippen LogP contribution in [0.4, 0.5) is 17.1 Å². The summed E-state index contributed by atoms with van der Waals surface area (Å²) in [4.78, 5) is 18.3. The van der Waals surface area contributed by atoms with Gasteiger partial charge in [-0.1, -0.05) is 61.2 Å². The van der Waals surface area contributed by atoms with Crippen LogP contribution in [0.15, 0.2) is 84.4 Å². The fraction of sp³-hybridized carbons (Fsp3) is 0.0833. The Kier molecular flexibility index (Phi) is 5.62. The minimum atomic E-state index is 0.803. The van der Waals surface area contributed by atoms with Crippen LogP contribution < -0.4 is 4.90 Å². The largest absolute Gasteiger partial charge is 0.283 e. The van der Waals surface area contributed by atoms with E-state index in [1.54, 1.807) is 4.90 Å². The van der Waals surface area contributed by atoms with E-state index in [2.05, 4.69) is 6.58 Å². The van der Waals surface area contributed by atoms with Gasteiger partial charge in [0.2, 0.25) is 6.41 Å². The number of anilines is 2. The number of benzene rings is 3. The summed E-state index contributed by atoms with van der Waals surface area (Å²) in [6, 6.07) is 23.5. The molecule has 0 N–H and O–H groups in total. The van der Waals surface area contributed by atoms with Crippen LogP contribution in [0, 0.1) is 6.92 Å². The van der Waals surface area contributed by atoms with E-state index in [0.29, 0.717) is 0 Å². The second-order valence-electron chi connectivity index (χ2n) is 6.28. The molecule has 0 aliphatic carbocycles. The van der Waals surface area contributed by atoms with Gasteiger partial charge in [-0.25, -0.2) is 0 Å². The van der Waals surface area contributed by atoms with E-state index in [4.69, 9.17) is 4.99 Å². The summed E-state index contributed by atoms with van der Waals surface area (Å²) >= 11 is 0. The van der Waals surface area contributed by atoms with Gasteiger partial charge in [-0.3, -0.25) is 14.7 Å². The minimum Gasteiger partial charge on any atom is -0.283 e. The molecule has 0 saturated heterocycles. The highest BCUT2D eigenvalue weighted by molar-refractivity contribution is 6.07. The summed E-state index contributed by atoms with van der Waals surface area (Å²) < 4.78 is 0. The molecule has 0 saturated carbocycles. The molecule has 0 aliphatic rings. The second kappa shape index (κ2) is 8.28. The second-order valence-corrected chi connectivity index (χ2v) is 6.28. The quantitative estimate of drug-likeness (QED) is 0.390. The zero-order valence-corrected chi connectivity index (χ0v) is 15.6. The van der Waals surface area contributed by atoms with Gasteiger partial charge in [0.25, 0.3) is 0 Å². The Bertz CT molecular complexity index is 990. The van der Waals surface area contributed by atoms with Crippen LogP contribution in [-0.4, -0.2) is 12.1 Å². The smallest absolute Gasteiger partial charge is 0.218 e. The van der Waals surface area contributed by atoms with Crippen molar-refractivity contribution in [3.63, 3.8) is 0 Å². The van der Waals surface area contributed by atoms with Gasteiger partial charge in [0, 0.05) is 17.0 Å². The predicted octanol–water partition coefficient (Wildman–Crippen LogP) is 6.07. The van der Waals surface area contributed by atoms with Crippen molar-refractivity contribution >= 4 is 35.3 Å². The first-order chi connectivity index (χ1) is 13.1. The maximum Gasteiger partial charge on any atom is 0.218 e. The van der Waals surface area contributed by atoms with Gasteiger partial charge in [0.15, 0.2) is 0 Å². The molecule has 0 aliphatic heterocycles. The summed E-state index contributed by atoms with van der Waals surface area (Å²) in [5.74, 6) is 0. The Hall–Kier alpha value is -3.46. The Morgan fingerprint density at radius 3 is 2.41 bits per heavy atom. The highest BCUT2D eigenvalue weighted by atomic mass is 16.1. The number of carbonyl (C=O) groups is 1. The van der Waals surface area contributed by atoms with E-state index >= 15 is 0 Å². The standard InChI is InChI=1S/C24H22N2O/c1-4-20-15-14-18(2)23(16-20)25-19(3)22-12-8-9-13-24(22)26(17-27)21-10-6-5-7-11-21/h4-17H,1H2,2-3H3. The SMILES string of the molecule is C=Cc1ccc(C)c(N=C(C)c2ccccc2N(C=O)c2ccccc2)c1. The number of aryl methyl sites for hydroxylation is 1. The third-order valence-electron chi connectivity index (χ3n) is 4.45. The lowest BCUT2D eigenvalue weighted by Gasteiger charge is -2.21. The Morgan fingerprint density at radius 2 is 1.70 bits per heavy atom. The number of hydrogen-bond donors (Lipinski definition) is 0. The maximum absolute atomic E-state index is 11.9. The fourth-order valence-electron chi connectivity index (χ4n) is 2.95. The predicted molar refractivity (Wildman–Crippen MR) is 114 cm³/mol. The van der Waals surface area contributed by atoms with E-state index in [9.17, 15) is 4.79 Å². The monoisotopic (exact) mass is 354 g/mol. The van der Waals surface area contributed by atoms with Gasteiger partial charge in [-0.2, -0.15) is 0 Å². The molecule has 27 heavy (non-hydrogen) atoms. The molecule has 0 unspecified atom stereocenters. The molecule has 0 fully saturated rings. The summed E-state index contributed by atoms with van der Waals surface area (Å²) in [6.07, 6.45) is 2.65. The topological polar surface area (TPSA) is 32.7 Å². The zero-order valence-electron chi connectivity index (χ0n) is 15.6. The molecule has 0 heterocycles. The fourth-order valence-corrected chi connectivity index (χ4v) is 2.95. The van der Waals surface area contributed by atoms with E-state index in [1.807, 2.05) is 92.7 Å². The average Bonchev–Trinajstić information content (AvgIpc) is 2.71. The molecular weight excluding hydrogens is 332 g/mol. The van der Waals surface area contributed by atoms with Crippen molar-refractivity contribution in [1.29, 1.82) is 0 Å². The minimum absolute atomic E-state index is 0.803. The van der Waals surface area contributed by atoms with Crippen LogP contribution >= 0.6 is 0 Å². The highest BCUT2D eigenvalue weighted by Crippen LogP contribution is 2.29. The Labute approximate surface area is 160 Å². The first kappa shape index (κ1) is 18.3. The molecule has 0 aromatic heterocycles. The summed E-state index contributed by atoms with van der Waals surface area (Å²) in [5.41, 5.74) is 6.40. The van der Waals surface area contributed by atoms with E-state index in [1.165, 1.54) is 0 Å². The number of aliphatic imine (C=N–C) groups is 1. The summed E-state index contributed by atoms with van der Waals surface area (Å²) in [6.45, 7) is 7.83. The number of hydrogen-bond acceptors (Lipinski definition) is 2. The first-order valence-corrected chi connectivity index (χ1v) is 8.81. The molecule has 3 heteroatoms. The molecule has 3 aromatic carbocycles. The number of carbonyl (C=O) groups excluding carboxylic acids is 1. The molecule has 0 spiro atoms. The van der Waals surface area contributed by atoms with Crippen LogP contribution in [0.25, 0.3) is 6.08 Å². The van der Waals surface area contributed by atoms with Crippen molar-refractivity contribution in [1.82, 2.24) is 0 Å². The Morgan fingerprint density at radius 1 is 1.00 bits per heavy atom. The molecule has 0 radical (unpaired) electrons. The van der Waals surface area contributed by atoms with Crippen LogP contribution in [0.3, 0.4) is 0 Å². The molecular formula is C24H22N2O. The van der Waals surface area contributed by atoms with Gasteiger partial charge in [0.1, 0.15) is 0 Å². The van der Waals surface area contributed by atoms with Crippen molar-refractivity contribution in [2.24, 2.45) is 4.99 Å². The molecule has 3 rings (SSSR count). The summed E-state index contributed by atoms with van der Waals surface area (Å²) in [5, 5.41) is 0. The number of amides is 1. The molecule has 3 aromatic rings. The third-order valence-corrected chi connectivity index (χ3v) is 4.45. The van der Waals surface area contributed by atoms with Crippen molar-refractivity contribution < 1.29 is 4.79 Å². The van der Waals surface area contributed by atoms with Crippen molar-refractivity contribution in [2.45, 2.75) is 13.8 Å². The number of para-hydroxylation sites is 2. The zero-order chi connectivity index (χ0) is 19.2. The molecule has 134 valence electrons. The third kappa shape index (κ3) is 4.04. The van der Waals surface area contributed by atoms with E-state index < -0.39 is 0 Å².